The fraction of sp³-hybridized carbons (Fsp3) is 0.941. The van der Waals surface area contributed by atoms with Gasteiger partial charge in [0.05, 0.1) is 0 Å². The third-order valence-electron chi connectivity index (χ3n) is 5.98. The average molecular weight is 280 g/mol. The number of carbonyl (C=O) groups excluding carboxylic acids is 1. The van der Waals surface area contributed by atoms with Crippen molar-refractivity contribution in [3.05, 3.63) is 0 Å². The number of amides is 1. The molecule has 0 spiro atoms. The summed E-state index contributed by atoms with van der Waals surface area (Å²) in [6.07, 6.45) is 10.4. The number of hydrogen-bond donors (Lipinski definition) is 2. The van der Waals surface area contributed by atoms with Crippen molar-refractivity contribution in [3.8, 4) is 0 Å². The number of nitrogens with one attached hydrogen (secondary N) is 1. The summed E-state index contributed by atoms with van der Waals surface area (Å²) in [4.78, 5) is 12.4. The summed E-state index contributed by atoms with van der Waals surface area (Å²) < 4.78 is 0. The molecule has 0 saturated heterocycles. The molecule has 0 heterocycles. The molecule has 0 radical (unpaired) electrons. The molecule has 3 nitrogen and oxygen atoms in total. The van der Waals surface area contributed by atoms with Crippen LogP contribution in [0.4, 0.5) is 0 Å². The van der Waals surface area contributed by atoms with Gasteiger partial charge in [-0.05, 0) is 49.5 Å². The van der Waals surface area contributed by atoms with Crippen molar-refractivity contribution in [3.63, 3.8) is 0 Å². The van der Waals surface area contributed by atoms with Crippen LogP contribution in [-0.4, -0.2) is 18.5 Å². The quantitative estimate of drug-likeness (QED) is 0.812. The lowest BCUT2D eigenvalue weighted by Gasteiger charge is -2.36. The molecular formula is C17H32N2O. The smallest absolute Gasteiger partial charge is 0.220 e. The molecule has 0 aromatic heterocycles. The highest BCUT2D eigenvalue weighted by Crippen LogP contribution is 2.39. The number of nitrogens with two attached hydrogens (primary N) is 1. The van der Waals surface area contributed by atoms with E-state index in [2.05, 4.69) is 19.2 Å². The van der Waals surface area contributed by atoms with E-state index in [0.717, 1.165) is 25.2 Å². The Kier molecular flexibility index (Phi) is 5.48. The molecule has 116 valence electrons. The molecule has 0 bridgehead atoms. The fourth-order valence-electron chi connectivity index (χ4n) is 4.38. The molecule has 3 unspecified atom stereocenters. The van der Waals surface area contributed by atoms with Crippen LogP contribution in [0.5, 0.6) is 0 Å². The van der Waals surface area contributed by atoms with E-state index in [-0.39, 0.29) is 11.3 Å². The zero-order valence-electron chi connectivity index (χ0n) is 13.3. The largest absolute Gasteiger partial charge is 0.353 e. The molecule has 3 heteroatoms. The van der Waals surface area contributed by atoms with Gasteiger partial charge in [-0.2, -0.15) is 0 Å². The molecule has 3 N–H and O–H groups in total. The summed E-state index contributed by atoms with van der Waals surface area (Å²) >= 11 is 0. The van der Waals surface area contributed by atoms with Crippen molar-refractivity contribution in [1.29, 1.82) is 0 Å². The maximum Gasteiger partial charge on any atom is 0.220 e. The molecule has 2 aliphatic rings. The summed E-state index contributed by atoms with van der Waals surface area (Å²) in [6.45, 7) is 5.22. The second-order valence-corrected chi connectivity index (χ2v) is 7.22. The van der Waals surface area contributed by atoms with Crippen LogP contribution >= 0.6 is 0 Å². The molecule has 1 amide bonds. The van der Waals surface area contributed by atoms with Crippen LogP contribution in [0.15, 0.2) is 0 Å². The van der Waals surface area contributed by atoms with Crippen molar-refractivity contribution in [1.82, 2.24) is 5.32 Å². The van der Waals surface area contributed by atoms with Crippen LogP contribution in [0.3, 0.4) is 0 Å². The van der Waals surface area contributed by atoms with Gasteiger partial charge in [-0.1, -0.05) is 39.5 Å². The van der Waals surface area contributed by atoms with Gasteiger partial charge in [-0.15, -0.1) is 0 Å². The van der Waals surface area contributed by atoms with Crippen molar-refractivity contribution in [2.45, 2.75) is 77.7 Å². The molecule has 2 rings (SSSR count). The van der Waals surface area contributed by atoms with Gasteiger partial charge in [0.1, 0.15) is 0 Å². The van der Waals surface area contributed by atoms with Gasteiger partial charge >= 0.3 is 0 Å². The molecule has 0 aromatic rings. The van der Waals surface area contributed by atoms with Crippen LogP contribution in [0.2, 0.25) is 0 Å². The van der Waals surface area contributed by atoms with E-state index in [4.69, 9.17) is 5.73 Å². The SMILES string of the molecule is CCC1CCC(NC(=O)CC2(CN)CCCCC2)C1C. The lowest BCUT2D eigenvalue weighted by atomic mass is 9.71. The number of carbonyl (C=O) groups is 1. The Morgan fingerprint density at radius 3 is 2.50 bits per heavy atom. The van der Waals surface area contributed by atoms with Gasteiger partial charge in [0, 0.05) is 12.5 Å². The molecular weight excluding hydrogens is 248 g/mol. The Morgan fingerprint density at radius 1 is 1.25 bits per heavy atom. The average Bonchev–Trinajstić information content (AvgIpc) is 2.80. The summed E-state index contributed by atoms with van der Waals surface area (Å²) in [6, 6.07) is 0.394. The van der Waals surface area contributed by atoms with Crippen LogP contribution in [0.1, 0.15) is 71.6 Å². The van der Waals surface area contributed by atoms with E-state index in [0.29, 0.717) is 24.9 Å². The third-order valence-corrected chi connectivity index (χ3v) is 5.98. The first kappa shape index (κ1) is 15.8. The van der Waals surface area contributed by atoms with Gasteiger partial charge in [0.15, 0.2) is 0 Å². The number of hydrogen-bond acceptors (Lipinski definition) is 2. The van der Waals surface area contributed by atoms with Crippen LogP contribution < -0.4 is 11.1 Å². The molecule has 2 aliphatic carbocycles. The third kappa shape index (κ3) is 3.55. The summed E-state index contributed by atoms with van der Waals surface area (Å²) in [5, 5.41) is 3.30. The fourth-order valence-corrected chi connectivity index (χ4v) is 4.38. The standard InChI is InChI=1S/C17H32N2O/c1-3-14-7-8-15(13(14)2)19-16(20)11-17(12-18)9-5-4-6-10-17/h13-15H,3-12,18H2,1-2H3,(H,19,20). The Labute approximate surface area is 124 Å². The highest BCUT2D eigenvalue weighted by atomic mass is 16.1. The van der Waals surface area contributed by atoms with Crippen LogP contribution in [0, 0.1) is 17.3 Å². The van der Waals surface area contributed by atoms with E-state index in [1.165, 1.54) is 32.1 Å². The Bertz CT molecular complexity index is 323. The highest BCUT2D eigenvalue weighted by molar-refractivity contribution is 5.77. The van der Waals surface area contributed by atoms with Crippen molar-refractivity contribution >= 4 is 5.91 Å². The second-order valence-electron chi connectivity index (χ2n) is 7.22. The maximum atomic E-state index is 12.4. The van der Waals surface area contributed by atoms with E-state index in [1.807, 2.05) is 0 Å². The van der Waals surface area contributed by atoms with Gasteiger partial charge in [-0.25, -0.2) is 0 Å². The lowest BCUT2D eigenvalue weighted by molar-refractivity contribution is -0.124. The van der Waals surface area contributed by atoms with E-state index < -0.39 is 0 Å². The lowest BCUT2D eigenvalue weighted by Crippen LogP contribution is -2.43. The van der Waals surface area contributed by atoms with Crippen molar-refractivity contribution in [2.75, 3.05) is 6.54 Å². The minimum absolute atomic E-state index is 0.0916. The van der Waals surface area contributed by atoms with E-state index in [9.17, 15) is 4.79 Å². The molecule has 3 atom stereocenters. The number of rotatable bonds is 5. The molecule has 2 fully saturated rings. The first-order valence-electron chi connectivity index (χ1n) is 8.59. The first-order chi connectivity index (χ1) is 9.60. The molecule has 20 heavy (non-hydrogen) atoms. The van der Waals surface area contributed by atoms with Gasteiger partial charge in [0.25, 0.3) is 0 Å². The minimum Gasteiger partial charge on any atom is -0.353 e. The normalized spacial score (nSPS) is 33.0. The van der Waals surface area contributed by atoms with E-state index >= 15 is 0 Å². The topological polar surface area (TPSA) is 55.1 Å². The monoisotopic (exact) mass is 280 g/mol. The Morgan fingerprint density at radius 2 is 1.95 bits per heavy atom. The predicted octanol–water partition coefficient (Wildman–Crippen LogP) is 3.23. The van der Waals surface area contributed by atoms with E-state index in [1.54, 1.807) is 0 Å². The molecule has 2 saturated carbocycles. The Hall–Kier alpha value is -0.570. The van der Waals surface area contributed by atoms with Crippen molar-refractivity contribution < 1.29 is 4.79 Å². The Balaban J connectivity index is 1.85. The first-order valence-corrected chi connectivity index (χ1v) is 8.59. The predicted molar refractivity (Wildman–Crippen MR) is 83.3 cm³/mol. The zero-order valence-corrected chi connectivity index (χ0v) is 13.3. The maximum absolute atomic E-state index is 12.4. The second kappa shape index (κ2) is 6.93. The van der Waals surface area contributed by atoms with Crippen LogP contribution in [-0.2, 0) is 4.79 Å². The summed E-state index contributed by atoms with van der Waals surface area (Å²) in [5.41, 5.74) is 6.08. The van der Waals surface area contributed by atoms with Crippen molar-refractivity contribution in [2.24, 2.45) is 23.0 Å². The van der Waals surface area contributed by atoms with Gasteiger partial charge in [0.2, 0.25) is 5.91 Å². The molecule has 0 aliphatic heterocycles. The zero-order chi connectivity index (χ0) is 14.6. The summed E-state index contributed by atoms with van der Waals surface area (Å²) in [7, 11) is 0. The highest BCUT2D eigenvalue weighted by Gasteiger charge is 2.36. The van der Waals surface area contributed by atoms with Gasteiger partial charge in [-0.3, -0.25) is 4.79 Å². The minimum atomic E-state index is 0.0916. The van der Waals surface area contributed by atoms with Gasteiger partial charge < -0.3 is 11.1 Å². The van der Waals surface area contributed by atoms with Crippen LogP contribution in [0.25, 0.3) is 0 Å². The molecule has 0 aromatic carbocycles. The summed E-state index contributed by atoms with van der Waals surface area (Å²) in [5.74, 6) is 1.66.